The van der Waals surface area contributed by atoms with Crippen LogP contribution < -0.4 is 10.6 Å². The second-order valence-corrected chi connectivity index (χ2v) is 4.82. The molecule has 0 aliphatic heterocycles. The number of anilines is 1. The second kappa shape index (κ2) is 6.15. The molecule has 2 N–H and O–H groups in total. The lowest BCUT2D eigenvalue weighted by atomic mass is 10.2. The Morgan fingerprint density at radius 3 is 2.68 bits per heavy atom. The van der Waals surface area contributed by atoms with Gasteiger partial charge in [0.25, 0.3) is 11.8 Å². The molecule has 4 nitrogen and oxygen atoms in total. The van der Waals surface area contributed by atoms with Crippen molar-refractivity contribution in [1.29, 1.82) is 0 Å². The molecule has 98 valence electrons. The van der Waals surface area contributed by atoms with Crippen molar-refractivity contribution in [2.75, 3.05) is 11.9 Å². The van der Waals surface area contributed by atoms with E-state index in [0.29, 0.717) is 22.7 Å². The van der Waals surface area contributed by atoms with Gasteiger partial charge in [0.1, 0.15) is 0 Å². The van der Waals surface area contributed by atoms with Crippen LogP contribution in [0, 0.1) is 0 Å². The van der Waals surface area contributed by atoms with E-state index in [1.807, 2.05) is 18.4 Å². The van der Waals surface area contributed by atoms with Crippen LogP contribution in [-0.2, 0) is 0 Å². The number of rotatable bonds is 4. The standard InChI is InChI=1S/C14H14N2O2S/c1-2-15-13(17)10-5-3-6-11(9-10)16-14(18)12-7-4-8-19-12/h3-9H,2H2,1H3,(H,15,17)(H,16,18). The molecule has 0 unspecified atom stereocenters. The number of nitrogens with one attached hydrogen (secondary N) is 2. The van der Waals surface area contributed by atoms with Crippen molar-refractivity contribution in [3.05, 3.63) is 52.2 Å². The first-order valence-electron chi connectivity index (χ1n) is 5.94. The molecule has 0 fully saturated rings. The largest absolute Gasteiger partial charge is 0.352 e. The SMILES string of the molecule is CCNC(=O)c1cccc(NC(=O)c2cccs2)c1. The molecule has 5 heteroatoms. The van der Waals surface area contributed by atoms with Crippen molar-refractivity contribution < 1.29 is 9.59 Å². The fourth-order valence-corrected chi connectivity index (χ4v) is 2.22. The van der Waals surface area contributed by atoms with Gasteiger partial charge in [-0.15, -0.1) is 11.3 Å². The molecule has 0 saturated carbocycles. The van der Waals surface area contributed by atoms with Crippen molar-refractivity contribution in [1.82, 2.24) is 5.32 Å². The summed E-state index contributed by atoms with van der Waals surface area (Å²) in [5.41, 5.74) is 1.15. The zero-order valence-corrected chi connectivity index (χ0v) is 11.3. The summed E-state index contributed by atoms with van der Waals surface area (Å²) < 4.78 is 0. The molecule has 1 aromatic carbocycles. The fraction of sp³-hybridized carbons (Fsp3) is 0.143. The van der Waals surface area contributed by atoms with Crippen LogP contribution in [0.1, 0.15) is 27.0 Å². The molecule has 0 radical (unpaired) electrons. The van der Waals surface area contributed by atoms with Gasteiger partial charge >= 0.3 is 0 Å². The van der Waals surface area contributed by atoms with Crippen LogP contribution in [0.4, 0.5) is 5.69 Å². The minimum atomic E-state index is -0.164. The maximum Gasteiger partial charge on any atom is 0.265 e. The van der Waals surface area contributed by atoms with Crippen LogP contribution in [0.25, 0.3) is 0 Å². The third-order valence-electron chi connectivity index (χ3n) is 2.46. The van der Waals surface area contributed by atoms with Gasteiger partial charge < -0.3 is 10.6 Å². The van der Waals surface area contributed by atoms with Gasteiger partial charge in [0.15, 0.2) is 0 Å². The quantitative estimate of drug-likeness (QED) is 0.900. The van der Waals surface area contributed by atoms with Crippen molar-refractivity contribution in [2.45, 2.75) is 6.92 Å². The van der Waals surface area contributed by atoms with Gasteiger partial charge in [-0.1, -0.05) is 12.1 Å². The third kappa shape index (κ3) is 3.42. The normalized spacial score (nSPS) is 9.95. The van der Waals surface area contributed by atoms with Crippen molar-refractivity contribution in [2.24, 2.45) is 0 Å². The highest BCUT2D eigenvalue weighted by Crippen LogP contribution is 2.14. The molecule has 0 saturated heterocycles. The van der Waals surface area contributed by atoms with Crippen molar-refractivity contribution in [3.8, 4) is 0 Å². The lowest BCUT2D eigenvalue weighted by Gasteiger charge is -2.06. The zero-order chi connectivity index (χ0) is 13.7. The Morgan fingerprint density at radius 2 is 2.00 bits per heavy atom. The van der Waals surface area contributed by atoms with Gasteiger partial charge in [-0.25, -0.2) is 0 Å². The molecule has 2 aromatic rings. The predicted molar refractivity (Wildman–Crippen MR) is 76.7 cm³/mol. The van der Waals surface area contributed by atoms with E-state index in [0.717, 1.165) is 0 Å². The first-order chi connectivity index (χ1) is 9.20. The number of benzene rings is 1. The van der Waals surface area contributed by atoms with Gasteiger partial charge in [0.2, 0.25) is 0 Å². The van der Waals surface area contributed by atoms with Gasteiger partial charge in [0.05, 0.1) is 4.88 Å². The molecule has 1 aromatic heterocycles. The van der Waals surface area contributed by atoms with Gasteiger partial charge in [-0.05, 0) is 36.6 Å². The molecular weight excluding hydrogens is 260 g/mol. The van der Waals surface area contributed by atoms with E-state index in [1.165, 1.54) is 11.3 Å². The van der Waals surface area contributed by atoms with Gasteiger partial charge in [0, 0.05) is 17.8 Å². The topological polar surface area (TPSA) is 58.2 Å². The monoisotopic (exact) mass is 274 g/mol. The Bertz CT molecular complexity index is 579. The summed E-state index contributed by atoms with van der Waals surface area (Å²) >= 11 is 1.38. The Balaban J connectivity index is 2.11. The van der Waals surface area contributed by atoms with Crippen LogP contribution in [0.2, 0.25) is 0 Å². The average molecular weight is 274 g/mol. The third-order valence-corrected chi connectivity index (χ3v) is 3.33. The molecule has 0 bridgehead atoms. The van der Waals surface area contributed by atoms with Gasteiger partial charge in [-0.2, -0.15) is 0 Å². The molecule has 1 heterocycles. The van der Waals surface area contributed by atoms with E-state index < -0.39 is 0 Å². The van der Waals surface area contributed by atoms with E-state index in [1.54, 1.807) is 30.3 Å². The number of carbonyl (C=O) groups excluding carboxylic acids is 2. The molecule has 0 aliphatic carbocycles. The number of hydrogen-bond acceptors (Lipinski definition) is 3. The van der Waals surface area contributed by atoms with E-state index in [2.05, 4.69) is 10.6 Å². The number of thiophene rings is 1. The zero-order valence-electron chi connectivity index (χ0n) is 10.5. The highest BCUT2D eigenvalue weighted by Gasteiger charge is 2.09. The first-order valence-corrected chi connectivity index (χ1v) is 6.82. The lowest BCUT2D eigenvalue weighted by molar-refractivity contribution is 0.0954. The molecule has 0 aliphatic rings. The summed E-state index contributed by atoms with van der Waals surface area (Å²) in [4.78, 5) is 24.2. The minimum Gasteiger partial charge on any atom is -0.352 e. The minimum absolute atomic E-state index is 0.144. The Hall–Kier alpha value is -2.14. The Morgan fingerprint density at radius 1 is 1.16 bits per heavy atom. The van der Waals surface area contributed by atoms with Crippen LogP contribution in [0.3, 0.4) is 0 Å². The first kappa shape index (κ1) is 13.3. The second-order valence-electron chi connectivity index (χ2n) is 3.87. The summed E-state index contributed by atoms with van der Waals surface area (Å²) in [6.07, 6.45) is 0. The molecule has 19 heavy (non-hydrogen) atoms. The van der Waals surface area contributed by atoms with E-state index in [-0.39, 0.29) is 11.8 Å². The highest BCUT2D eigenvalue weighted by atomic mass is 32.1. The fourth-order valence-electron chi connectivity index (χ4n) is 1.60. The molecule has 2 rings (SSSR count). The smallest absolute Gasteiger partial charge is 0.265 e. The average Bonchev–Trinajstić information content (AvgIpc) is 2.93. The van der Waals surface area contributed by atoms with E-state index >= 15 is 0 Å². The maximum absolute atomic E-state index is 11.9. The molecule has 0 atom stereocenters. The Kier molecular flexibility index (Phi) is 4.30. The van der Waals surface area contributed by atoms with Crippen LogP contribution in [0.5, 0.6) is 0 Å². The van der Waals surface area contributed by atoms with Crippen LogP contribution in [-0.4, -0.2) is 18.4 Å². The number of hydrogen-bond donors (Lipinski definition) is 2. The van der Waals surface area contributed by atoms with E-state index in [4.69, 9.17) is 0 Å². The Labute approximate surface area is 115 Å². The van der Waals surface area contributed by atoms with Gasteiger partial charge in [-0.3, -0.25) is 9.59 Å². The summed E-state index contributed by atoms with van der Waals surface area (Å²) in [6, 6.07) is 10.5. The predicted octanol–water partition coefficient (Wildman–Crippen LogP) is 2.75. The van der Waals surface area contributed by atoms with Crippen LogP contribution >= 0.6 is 11.3 Å². The van der Waals surface area contributed by atoms with E-state index in [9.17, 15) is 9.59 Å². The van der Waals surface area contributed by atoms with Crippen molar-refractivity contribution >= 4 is 28.8 Å². The highest BCUT2D eigenvalue weighted by molar-refractivity contribution is 7.12. The summed E-state index contributed by atoms with van der Waals surface area (Å²) in [5.74, 6) is -0.308. The van der Waals surface area contributed by atoms with Crippen molar-refractivity contribution in [3.63, 3.8) is 0 Å². The summed E-state index contributed by atoms with van der Waals surface area (Å²) in [6.45, 7) is 2.44. The number of carbonyl (C=O) groups is 2. The number of amides is 2. The molecule has 0 spiro atoms. The van der Waals surface area contributed by atoms with Crippen LogP contribution in [0.15, 0.2) is 41.8 Å². The molecule has 2 amide bonds. The summed E-state index contributed by atoms with van der Waals surface area (Å²) in [5, 5.41) is 7.34. The lowest BCUT2D eigenvalue weighted by Crippen LogP contribution is -2.22. The molecular formula is C14H14N2O2S. The maximum atomic E-state index is 11.9. The summed E-state index contributed by atoms with van der Waals surface area (Å²) in [7, 11) is 0.